The van der Waals surface area contributed by atoms with Gasteiger partial charge in [-0.3, -0.25) is 9.88 Å². The van der Waals surface area contributed by atoms with Crippen molar-refractivity contribution in [2.24, 2.45) is 7.05 Å². The van der Waals surface area contributed by atoms with E-state index in [4.69, 9.17) is 9.15 Å². The molecule has 0 fully saturated rings. The third kappa shape index (κ3) is 3.41. The van der Waals surface area contributed by atoms with E-state index in [-0.39, 0.29) is 6.04 Å². The summed E-state index contributed by atoms with van der Waals surface area (Å²) in [6.45, 7) is 3.97. The lowest BCUT2D eigenvalue weighted by Crippen LogP contribution is -2.44. The molecule has 1 aliphatic heterocycles. The van der Waals surface area contributed by atoms with Crippen molar-refractivity contribution >= 4 is 0 Å². The fourth-order valence-electron chi connectivity index (χ4n) is 3.22. The number of hydrogen-bond donors (Lipinski definition) is 0. The first-order valence-electron chi connectivity index (χ1n) is 8.36. The molecule has 130 valence electrons. The van der Waals surface area contributed by atoms with Gasteiger partial charge in [0.15, 0.2) is 0 Å². The third-order valence-corrected chi connectivity index (χ3v) is 4.54. The van der Waals surface area contributed by atoms with Crippen molar-refractivity contribution in [3.05, 3.63) is 60.0 Å². The summed E-state index contributed by atoms with van der Waals surface area (Å²) in [4.78, 5) is 15.4. The first kappa shape index (κ1) is 15.8. The summed E-state index contributed by atoms with van der Waals surface area (Å²) in [5.74, 6) is 1.51. The van der Waals surface area contributed by atoms with E-state index in [2.05, 4.69) is 24.4 Å². The van der Waals surface area contributed by atoms with Gasteiger partial charge in [0.2, 0.25) is 5.88 Å². The van der Waals surface area contributed by atoms with Crippen LogP contribution >= 0.6 is 0 Å². The largest absolute Gasteiger partial charge is 0.475 e. The molecule has 3 aromatic rings. The molecule has 7 nitrogen and oxygen atoms in total. The molecule has 0 N–H and O–H groups in total. The summed E-state index contributed by atoms with van der Waals surface area (Å²) in [5, 5.41) is 0. The van der Waals surface area contributed by atoms with Crippen LogP contribution in [0.25, 0.3) is 0 Å². The van der Waals surface area contributed by atoms with E-state index >= 15 is 0 Å². The maximum atomic E-state index is 5.93. The summed E-state index contributed by atoms with van der Waals surface area (Å²) in [6, 6.07) is 4.13. The normalized spacial score (nSPS) is 17.4. The average Bonchev–Trinajstić information content (AvgIpc) is 3.23. The fourth-order valence-corrected chi connectivity index (χ4v) is 3.22. The van der Waals surface area contributed by atoms with Gasteiger partial charge < -0.3 is 13.7 Å². The second-order valence-corrected chi connectivity index (χ2v) is 6.40. The highest BCUT2D eigenvalue weighted by Gasteiger charge is 2.30. The highest BCUT2D eigenvalue weighted by atomic mass is 16.5. The Morgan fingerprint density at radius 3 is 3.08 bits per heavy atom. The topological polar surface area (TPSA) is 69.2 Å². The molecule has 0 saturated heterocycles. The molecular formula is C18H21N5O2. The number of imidazole rings is 1. The molecule has 7 heteroatoms. The predicted octanol–water partition coefficient (Wildman–Crippen LogP) is 2.12. The molecule has 0 amide bonds. The van der Waals surface area contributed by atoms with Crippen molar-refractivity contribution in [3.8, 4) is 5.88 Å². The zero-order chi connectivity index (χ0) is 17.2. The smallest absolute Gasteiger partial charge is 0.232 e. The van der Waals surface area contributed by atoms with Crippen molar-refractivity contribution in [3.63, 3.8) is 0 Å². The molecule has 3 aromatic heterocycles. The maximum absolute atomic E-state index is 5.93. The quantitative estimate of drug-likeness (QED) is 0.709. The van der Waals surface area contributed by atoms with E-state index in [1.807, 2.05) is 32.4 Å². The van der Waals surface area contributed by atoms with Crippen LogP contribution in [0.2, 0.25) is 0 Å². The van der Waals surface area contributed by atoms with Crippen LogP contribution in [0.5, 0.6) is 5.88 Å². The minimum absolute atomic E-state index is 0.218. The summed E-state index contributed by atoms with van der Waals surface area (Å²) in [7, 11) is 2.04. The average molecular weight is 339 g/mol. The molecule has 0 saturated carbocycles. The molecular weight excluding hydrogens is 318 g/mol. The second kappa shape index (κ2) is 6.68. The molecule has 0 radical (unpaired) electrons. The number of nitrogens with zero attached hydrogens (tertiary/aromatic N) is 5. The van der Waals surface area contributed by atoms with Gasteiger partial charge in [-0.1, -0.05) is 0 Å². The van der Waals surface area contributed by atoms with E-state index < -0.39 is 0 Å². The molecule has 4 rings (SSSR count). The number of aryl methyl sites for hydroxylation is 2. The standard InChI is InChI=1S/C18H21N5O2/c1-13-7-19-8-18(21-13)25-11-14-6-17-16(20-12-22(17)2)10-23(14)9-15-4-3-5-24-15/h3-5,7-8,12,14H,6,9-11H2,1-2H3. The van der Waals surface area contributed by atoms with Crippen molar-refractivity contribution in [2.75, 3.05) is 6.61 Å². The van der Waals surface area contributed by atoms with Crippen LogP contribution in [0.3, 0.4) is 0 Å². The molecule has 1 atom stereocenters. The van der Waals surface area contributed by atoms with Crippen LogP contribution in [0, 0.1) is 6.92 Å². The molecule has 0 aromatic carbocycles. The number of aromatic nitrogens is 4. The molecule has 25 heavy (non-hydrogen) atoms. The van der Waals surface area contributed by atoms with Crippen LogP contribution in [0.15, 0.2) is 41.5 Å². The molecule has 0 spiro atoms. The monoisotopic (exact) mass is 339 g/mol. The number of furan rings is 1. The van der Waals surface area contributed by atoms with Crippen LogP contribution in [-0.4, -0.2) is 37.1 Å². The second-order valence-electron chi connectivity index (χ2n) is 6.40. The molecule has 1 aliphatic rings. The van der Waals surface area contributed by atoms with Gasteiger partial charge >= 0.3 is 0 Å². The number of ether oxygens (including phenoxy) is 1. The lowest BCUT2D eigenvalue weighted by Gasteiger charge is -2.34. The molecule has 1 unspecified atom stereocenters. The Labute approximate surface area is 146 Å². The van der Waals surface area contributed by atoms with Crippen LogP contribution < -0.4 is 4.74 Å². The highest BCUT2D eigenvalue weighted by molar-refractivity contribution is 5.19. The first-order valence-corrected chi connectivity index (χ1v) is 8.36. The van der Waals surface area contributed by atoms with Gasteiger partial charge in [0.1, 0.15) is 12.4 Å². The van der Waals surface area contributed by atoms with Gasteiger partial charge in [-0.05, 0) is 19.1 Å². The van der Waals surface area contributed by atoms with E-state index in [1.165, 1.54) is 5.69 Å². The van der Waals surface area contributed by atoms with Gasteiger partial charge in [0.25, 0.3) is 0 Å². The summed E-state index contributed by atoms with van der Waals surface area (Å²) in [6.07, 6.45) is 7.84. The Hall–Kier alpha value is -2.67. The SMILES string of the molecule is Cc1cncc(OCC2Cc3c(ncn3C)CN2Cc2ccco2)n1. The Kier molecular flexibility index (Phi) is 4.23. The minimum atomic E-state index is 0.218. The Bertz CT molecular complexity index is 843. The van der Waals surface area contributed by atoms with Crippen molar-refractivity contribution < 1.29 is 9.15 Å². The Morgan fingerprint density at radius 1 is 1.36 bits per heavy atom. The van der Waals surface area contributed by atoms with Crippen molar-refractivity contribution in [2.45, 2.75) is 32.5 Å². The summed E-state index contributed by atoms with van der Waals surface area (Å²) >= 11 is 0. The Morgan fingerprint density at radius 2 is 2.28 bits per heavy atom. The van der Waals surface area contributed by atoms with Crippen LogP contribution in [0.4, 0.5) is 0 Å². The third-order valence-electron chi connectivity index (χ3n) is 4.54. The lowest BCUT2D eigenvalue weighted by molar-refractivity contribution is 0.0973. The Balaban J connectivity index is 1.52. The zero-order valence-corrected chi connectivity index (χ0v) is 14.4. The van der Waals surface area contributed by atoms with Gasteiger partial charge in [0, 0.05) is 31.9 Å². The number of rotatable bonds is 5. The van der Waals surface area contributed by atoms with E-state index in [0.717, 1.165) is 36.7 Å². The lowest BCUT2D eigenvalue weighted by atomic mass is 10.0. The van der Waals surface area contributed by atoms with Gasteiger partial charge in [-0.2, -0.15) is 0 Å². The first-order chi connectivity index (χ1) is 12.2. The summed E-state index contributed by atoms with van der Waals surface area (Å²) in [5.41, 5.74) is 3.24. The summed E-state index contributed by atoms with van der Waals surface area (Å²) < 4.78 is 13.6. The fraction of sp³-hybridized carbons (Fsp3) is 0.389. The van der Waals surface area contributed by atoms with E-state index in [1.54, 1.807) is 18.7 Å². The molecule has 0 aliphatic carbocycles. The maximum Gasteiger partial charge on any atom is 0.232 e. The van der Waals surface area contributed by atoms with E-state index in [9.17, 15) is 0 Å². The van der Waals surface area contributed by atoms with Crippen molar-refractivity contribution in [1.82, 2.24) is 24.4 Å². The van der Waals surface area contributed by atoms with Crippen LogP contribution in [0.1, 0.15) is 22.8 Å². The highest BCUT2D eigenvalue weighted by Crippen LogP contribution is 2.24. The zero-order valence-electron chi connectivity index (χ0n) is 14.4. The van der Waals surface area contributed by atoms with E-state index in [0.29, 0.717) is 12.5 Å². The van der Waals surface area contributed by atoms with Gasteiger partial charge in [-0.25, -0.2) is 9.97 Å². The van der Waals surface area contributed by atoms with Crippen molar-refractivity contribution in [1.29, 1.82) is 0 Å². The number of fused-ring (bicyclic) bond motifs is 1. The minimum Gasteiger partial charge on any atom is -0.475 e. The predicted molar refractivity (Wildman–Crippen MR) is 90.9 cm³/mol. The van der Waals surface area contributed by atoms with Gasteiger partial charge in [-0.15, -0.1) is 0 Å². The number of hydrogen-bond acceptors (Lipinski definition) is 6. The molecule has 0 bridgehead atoms. The van der Waals surface area contributed by atoms with Gasteiger partial charge in [0.05, 0.1) is 42.8 Å². The van der Waals surface area contributed by atoms with Crippen LogP contribution in [-0.2, 0) is 26.6 Å². The molecule has 4 heterocycles.